The third kappa shape index (κ3) is 4.64. The molecule has 1 saturated heterocycles. The van der Waals surface area contributed by atoms with Crippen LogP contribution in [0.2, 0.25) is 10.0 Å². The van der Waals surface area contributed by atoms with Crippen LogP contribution < -0.4 is 10.6 Å². The highest BCUT2D eigenvalue weighted by molar-refractivity contribution is 6.31. The average molecular weight is 503 g/mol. The fraction of sp³-hybridized carbons (Fsp3) is 0.174. The van der Waals surface area contributed by atoms with Gasteiger partial charge in [-0.05, 0) is 35.9 Å². The van der Waals surface area contributed by atoms with Crippen molar-refractivity contribution in [3.05, 3.63) is 75.5 Å². The van der Waals surface area contributed by atoms with Crippen LogP contribution in [0, 0.1) is 0 Å². The van der Waals surface area contributed by atoms with Gasteiger partial charge in [0.25, 0.3) is 5.91 Å². The third-order valence-corrected chi connectivity index (χ3v) is 5.85. The summed E-state index contributed by atoms with van der Waals surface area (Å²) in [7, 11) is 0. The molecule has 1 fully saturated rings. The highest BCUT2D eigenvalue weighted by Gasteiger charge is 2.43. The molecule has 9 nitrogen and oxygen atoms in total. The predicted octanol–water partition coefficient (Wildman–Crippen LogP) is 2.58. The lowest BCUT2D eigenvalue weighted by molar-refractivity contribution is -0.134. The van der Waals surface area contributed by atoms with Crippen molar-refractivity contribution in [2.24, 2.45) is 0 Å². The molecule has 0 aliphatic carbocycles. The number of benzene rings is 2. The number of H-pyrrole nitrogens is 1. The molecule has 5 N–H and O–H groups in total. The first-order chi connectivity index (χ1) is 16.3. The molecule has 0 bridgehead atoms. The smallest absolute Gasteiger partial charge is 0.330 e. The highest BCUT2D eigenvalue weighted by atomic mass is 35.5. The number of amides is 4. The van der Waals surface area contributed by atoms with E-state index in [-0.39, 0.29) is 5.70 Å². The lowest BCUT2D eigenvalue weighted by Gasteiger charge is -2.26. The SMILES string of the molecule is O=C(NC(CO)CO)C(c1ccc(Cl)cc1)N1C(=O)N/C(=C\c2c[nH]c3cc(Cl)ccc23)C1=O. The second kappa shape index (κ2) is 9.86. The minimum absolute atomic E-state index is 0.0199. The maximum absolute atomic E-state index is 13.3. The van der Waals surface area contributed by atoms with Crippen LogP contribution in [0.25, 0.3) is 17.0 Å². The summed E-state index contributed by atoms with van der Waals surface area (Å²) in [6.45, 7) is -1.04. The van der Waals surface area contributed by atoms with E-state index in [0.29, 0.717) is 21.2 Å². The summed E-state index contributed by atoms with van der Waals surface area (Å²) in [5.74, 6) is -1.46. The molecule has 1 aromatic heterocycles. The number of carbonyl (C=O) groups excluding carboxylic acids is 3. The lowest BCUT2D eigenvalue weighted by atomic mass is 10.0. The zero-order valence-electron chi connectivity index (χ0n) is 17.6. The molecular formula is C23H20Cl2N4O5. The van der Waals surface area contributed by atoms with Crippen molar-refractivity contribution >= 4 is 58.0 Å². The van der Waals surface area contributed by atoms with E-state index in [1.54, 1.807) is 24.4 Å². The normalized spacial score (nSPS) is 15.9. The molecule has 1 aliphatic rings. The Morgan fingerprint density at radius 2 is 1.74 bits per heavy atom. The van der Waals surface area contributed by atoms with E-state index in [2.05, 4.69) is 15.6 Å². The number of nitrogens with one attached hydrogen (secondary N) is 3. The molecule has 1 atom stereocenters. The molecule has 34 heavy (non-hydrogen) atoms. The number of hydrogen-bond acceptors (Lipinski definition) is 5. The molecule has 1 aliphatic heterocycles. The van der Waals surface area contributed by atoms with Gasteiger partial charge in [-0.3, -0.25) is 9.59 Å². The van der Waals surface area contributed by atoms with Crippen molar-refractivity contribution in [2.75, 3.05) is 13.2 Å². The topological polar surface area (TPSA) is 135 Å². The largest absolute Gasteiger partial charge is 0.394 e. The average Bonchev–Trinajstić information content (AvgIpc) is 3.33. The second-order valence-electron chi connectivity index (χ2n) is 7.62. The molecule has 2 aromatic carbocycles. The second-order valence-corrected chi connectivity index (χ2v) is 8.49. The van der Waals surface area contributed by atoms with Crippen LogP contribution in [-0.2, 0) is 9.59 Å². The van der Waals surface area contributed by atoms with Crippen molar-refractivity contribution in [2.45, 2.75) is 12.1 Å². The first-order valence-electron chi connectivity index (χ1n) is 10.2. The standard InChI is InChI=1S/C23H20Cl2N4O5/c24-14-3-1-12(2-4-14)20(21(32)27-16(10-30)11-31)29-22(33)19(28-23(29)34)7-13-9-26-18-8-15(25)5-6-17(13)18/h1-9,16,20,26,30-31H,10-11H2,(H,27,32)(H,28,34)/b19-7-. The zero-order valence-corrected chi connectivity index (χ0v) is 19.1. The molecule has 176 valence electrons. The van der Waals surface area contributed by atoms with Crippen LogP contribution in [0.3, 0.4) is 0 Å². The third-order valence-electron chi connectivity index (χ3n) is 5.36. The first kappa shape index (κ1) is 23.8. The molecule has 2 heterocycles. The maximum Gasteiger partial charge on any atom is 0.330 e. The number of aliphatic hydroxyl groups excluding tert-OH is 2. The summed E-state index contributed by atoms with van der Waals surface area (Å²) < 4.78 is 0. The van der Waals surface area contributed by atoms with Gasteiger partial charge in [-0.25, -0.2) is 9.69 Å². The highest BCUT2D eigenvalue weighted by Crippen LogP contribution is 2.30. The van der Waals surface area contributed by atoms with E-state index >= 15 is 0 Å². The van der Waals surface area contributed by atoms with Crippen LogP contribution >= 0.6 is 23.2 Å². The van der Waals surface area contributed by atoms with Crippen LogP contribution in [-0.4, -0.2) is 57.2 Å². The Morgan fingerprint density at radius 1 is 1.06 bits per heavy atom. The number of hydrogen-bond donors (Lipinski definition) is 5. The van der Waals surface area contributed by atoms with Crippen LogP contribution in [0.5, 0.6) is 0 Å². The van der Waals surface area contributed by atoms with Crippen LogP contribution in [0.15, 0.2) is 54.4 Å². The predicted molar refractivity (Wildman–Crippen MR) is 127 cm³/mol. The van der Waals surface area contributed by atoms with E-state index in [4.69, 9.17) is 23.2 Å². The van der Waals surface area contributed by atoms with Gasteiger partial charge in [0, 0.05) is 32.7 Å². The van der Waals surface area contributed by atoms with E-state index in [9.17, 15) is 24.6 Å². The number of carbonyl (C=O) groups is 3. The van der Waals surface area contributed by atoms with Crippen molar-refractivity contribution in [1.82, 2.24) is 20.5 Å². The van der Waals surface area contributed by atoms with Crippen LogP contribution in [0.1, 0.15) is 17.2 Å². The van der Waals surface area contributed by atoms with E-state index in [1.807, 2.05) is 0 Å². The number of imide groups is 1. The number of fused-ring (bicyclic) bond motifs is 1. The first-order valence-corrected chi connectivity index (χ1v) is 11.0. The van der Waals surface area contributed by atoms with Gasteiger partial charge in [-0.2, -0.15) is 0 Å². The van der Waals surface area contributed by atoms with Crippen molar-refractivity contribution in [1.29, 1.82) is 0 Å². The number of urea groups is 1. The molecule has 3 aromatic rings. The van der Waals surface area contributed by atoms with Gasteiger partial charge >= 0.3 is 6.03 Å². The Bertz CT molecular complexity index is 1280. The molecule has 11 heteroatoms. The Hall–Kier alpha value is -3.37. The Morgan fingerprint density at radius 3 is 2.41 bits per heavy atom. The van der Waals surface area contributed by atoms with Crippen molar-refractivity contribution in [3.63, 3.8) is 0 Å². The number of aromatic nitrogens is 1. The fourth-order valence-corrected chi connectivity index (χ4v) is 3.97. The molecule has 4 rings (SSSR count). The number of aromatic amines is 1. The van der Waals surface area contributed by atoms with Crippen LogP contribution in [0.4, 0.5) is 4.79 Å². The minimum atomic E-state index is -1.36. The Labute approximate surface area is 204 Å². The van der Waals surface area contributed by atoms with E-state index in [1.165, 1.54) is 30.3 Å². The fourth-order valence-electron chi connectivity index (χ4n) is 3.67. The van der Waals surface area contributed by atoms with Gasteiger partial charge in [-0.15, -0.1) is 0 Å². The monoisotopic (exact) mass is 502 g/mol. The van der Waals surface area contributed by atoms with Gasteiger partial charge in [0.05, 0.1) is 19.3 Å². The molecule has 0 spiro atoms. The summed E-state index contributed by atoms with van der Waals surface area (Å²) in [5, 5.41) is 25.4. The maximum atomic E-state index is 13.3. The van der Waals surface area contributed by atoms with Gasteiger partial charge in [0.1, 0.15) is 11.7 Å². The number of nitrogens with zero attached hydrogens (tertiary/aromatic N) is 1. The molecule has 0 saturated carbocycles. The quantitative estimate of drug-likeness (QED) is 0.250. The zero-order chi connectivity index (χ0) is 24.4. The number of rotatable bonds is 7. The summed E-state index contributed by atoms with van der Waals surface area (Å²) in [6.07, 6.45) is 3.18. The summed E-state index contributed by atoms with van der Waals surface area (Å²) in [6, 6.07) is 8.20. The Balaban J connectivity index is 1.70. The number of halogens is 2. The van der Waals surface area contributed by atoms with E-state index in [0.717, 1.165) is 15.8 Å². The van der Waals surface area contributed by atoms with E-state index < -0.39 is 43.1 Å². The molecular weight excluding hydrogens is 483 g/mol. The lowest BCUT2D eigenvalue weighted by Crippen LogP contribution is -2.48. The Kier molecular flexibility index (Phi) is 6.90. The summed E-state index contributed by atoms with van der Waals surface area (Å²) in [4.78, 5) is 43.1. The minimum Gasteiger partial charge on any atom is -0.394 e. The van der Waals surface area contributed by atoms with Gasteiger partial charge < -0.3 is 25.8 Å². The molecule has 4 amide bonds. The van der Waals surface area contributed by atoms with Gasteiger partial charge in [0.15, 0.2) is 0 Å². The summed E-state index contributed by atoms with van der Waals surface area (Å²) >= 11 is 12.0. The van der Waals surface area contributed by atoms with Crippen molar-refractivity contribution < 1.29 is 24.6 Å². The number of aliphatic hydroxyl groups is 2. The van der Waals surface area contributed by atoms with Gasteiger partial charge in [-0.1, -0.05) is 41.4 Å². The summed E-state index contributed by atoms with van der Waals surface area (Å²) in [5.41, 5.74) is 1.70. The van der Waals surface area contributed by atoms with Crippen molar-refractivity contribution in [3.8, 4) is 0 Å². The molecule has 1 unspecified atom stereocenters. The molecule has 0 radical (unpaired) electrons. The van der Waals surface area contributed by atoms with Gasteiger partial charge in [0.2, 0.25) is 5.91 Å².